The van der Waals surface area contributed by atoms with Crippen molar-refractivity contribution in [2.45, 2.75) is 13.5 Å². The lowest BCUT2D eigenvalue weighted by molar-refractivity contribution is 0.0601. The Kier molecular flexibility index (Phi) is 5.05. The molecule has 21 heavy (non-hydrogen) atoms. The number of esters is 1. The maximum atomic E-state index is 11.9. The van der Waals surface area contributed by atoms with Crippen LogP contribution in [0.1, 0.15) is 21.6 Å². The fourth-order valence-electron chi connectivity index (χ4n) is 2.03. The maximum Gasteiger partial charge on any atom is 0.340 e. The van der Waals surface area contributed by atoms with Gasteiger partial charge in [0.15, 0.2) is 0 Å². The van der Waals surface area contributed by atoms with Crippen LogP contribution in [0.3, 0.4) is 0 Å². The monoisotopic (exact) mass is 415 g/mol. The average molecular weight is 417 g/mol. The first kappa shape index (κ1) is 16.0. The van der Waals surface area contributed by atoms with Crippen LogP contribution in [0.15, 0.2) is 27.3 Å². The zero-order valence-electron chi connectivity index (χ0n) is 11.9. The maximum absolute atomic E-state index is 11.9. The fourth-order valence-corrected chi connectivity index (χ4v) is 3.40. The Morgan fingerprint density at radius 2 is 2.14 bits per heavy atom. The zero-order chi connectivity index (χ0) is 15.6. The predicted octanol–water partition coefficient (Wildman–Crippen LogP) is 3.65. The lowest BCUT2D eigenvalue weighted by Gasteiger charge is -2.13. The van der Waals surface area contributed by atoms with E-state index in [2.05, 4.69) is 42.3 Å². The van der Waals surface area contributed by atoms with Crippen molar-refractivity contribution >= 4 is 43.5 Å². The summed E-state index contributed by atoms with van der Waals surface area (Å²) < 4.78 is 8.19. The van der Waals surface area contributed by atoms with Crippen LogP contribution >= 0.6 is 31.9 Å². The van der Waals surface area contributed by atoms with Crippen molar-refractivity contribution in [1.82, 2.24) is 9.78 Å². The van der Waals surface area contributed by atoms with E-state index in [0.717, 1.165) is 20.2 Å². The molecule has 1 heterocycles. The Morgan fingerprint density at radius 3 is 2.71 bits per heavy atom. The van der Waals surface area contributed by atoms with E-state index in [1.54, 1.807) is 10.7 Å². The van der Waals surface area contributed by atoms with E-state index in [1.807, 2.05) is 26.2 Å². The summed E-state index contributed by atoms with van der Waals surface area (Å²) in [5, 5.41) is 7.57. The fraction of sp³-hybridized carbons (Fsp3) is 0.286. The van der Waals surface area contributed by atoms with Gasteiger partial charge in [0.1, 0.15) is 0 Å². The summed E-state index contributed by atoms with van der Waals surface area (Å²) in [5.41, 5.74) is 3.20. The van der Waals surface area contributed by atoms with Crippen molar-refractivity contribution in [2.24, 2.45) is 7.05 Å². The van der Waals surface area contributed by atoms with E-state index < -0.39 is 0 Å². The van der Waals surface area contributed by atoms with Gasteiger partial charge in [-0.05, 0) is 35.0 Å². The molecule has 1 N–H and O–H groups in total. The number of ether oxygens (including phenoxy) is 1. The van der Waals surface area contributed by atoms with Crippen molar-refractivity contribution in [3.8, 4) is 0 Å². The summed E-state index contributed by atoms with van der Waals surface area (Å²) in [6, 6.07) is 3.61. The number of carbonyl (C=O) groups is 1. The number of halogens is 2. The van der Waals surface area contributed by atoms with Crippen LogP contribution in [0.25, 0.3) is 0 Å². The van der Waals surface area contributed by atoms with E-state index in [0.29, 0.717) is 17.8 Å². The largest absolute Gasteiger partial charge is 0.465 e. The molecule has 0 unspecified atom stereocenters. The highest BCUT2D eigenvalue weighted by Gasteiger charge is 2.16. The Hall–Kier alpha value is -1.34. The van der Waals surface area contributed by atoms with Crippen LogP contribution in [0.2, 0.25) is 0 Å². The second kappa shape index (κ2) is 6.62. The van der Waals surface area contributed by atoms with Gasteiger partial charge in [0.05, 0.1) is 24.1 Å². The van der Waals surface area contributed by atoms with Crippen LogP contribution in [-0.2, 0) is 18.3 Å². The van der Waals surface area contributed by atoms with Crippen LogP contribution in [0.4, 0.5) is 5.69 Å². The minimum Gasteiger partial charge on any atom is -0.465 e. The third-order valence-electron chi connectivity index (χ3n) is 3.03. The van der Waals surface area contributed by atoms with Crippen molar-refractivity contribution in [3.63, 3.8) is 0 Å². The van der Waals surface area contributed by atoms with Crippen molar-refractivity contribution in [1.29, 1.82) is 0 Å². The van der Waals surface area contributed by atoms with Gasteiger partial charge >= 0.3 is 5.97 Å². The second-order valence-electron chi connectivity index (χ2n) is 4.57. The topological polar surface area (TPSA) is 56.1 Å². The van der Waals surface area contributed by atoms with Crippen LogP contribution in [0, 0.1) is 6.92 Å². The number of anilines is 1. The first-order valence-electron chi connectivity index (χ1n) is 6.22. The lowest BCUT2D eigenvalue weighted by atomic mass is 10.1. The number of carbonyl (C=O) groups excluding carboxylic acids is 1. The van der Waals surface area contributed by atoms with E-state index in [-0.39, 0.29) is 5.97 Å². The average Bonchev–Trinajstić information content (AvgIpc) is 2.74. The molecule has 0 saturated heterocycles. The van der Waals surface area contributed by atoms with Gasteiger partial charge in [-0.3, -0.25) is 4.68 Å². The van der Waals surface area contributed by atoms with E-state index in [1.165, 1.54) is 7.11 Å². The molecule has 0 spiro atoms. The van der Waals surface area contributed by atoms with Gasteiger partial charge < -0.3 is 10.1 Å². The molecular weight excluding hydrogens is 402 g/mol. The number of hydrogen-bond donors (Lipinski definition) is 1. The smallest absolute Gasteiger partial charge is 0.340 e. The van der Waals surface area contributed by atoms with E-state index >= 15 is 0 Å². The third kappa shape index (κ3) is 3.65. The summed E-state index contributed by atoms with van der Waals surface area (Å²) in [7, 11) is 3.25. The number of nitrogens with one attached hydrogen (secondary N) is 1. The van der Waals surface area contributed by atoms with Gasteiger partial charge in [-0.15, -0.1) is 0 Å². The quantitative estimate of drug-likeness (QED) is 0.772. The predicted molar refractivity (Wildman–Crippen MR) is 88.5 cm³/mol. The molecule has 0 atom stereocenters. The Morgan fingerprint density at radius 1 is 1.43 bits per heavy atom. The molecule has 1 aromatic carbocycles. The van der Waals surface area contributed by atoms with Gasteiger partial charge in [0, 0.05) is 34.3 Å². The van der Waals surface area contributed by atoms with Gasteiger partial charge in [-0.2, -0.15) is 5.10 Å². The lowest BCUT2D eigenvalue weighted by Crippen LogP contribution is -2.09. The minimum absolute atomic E-state index is 0.387. The molecule has 0 aliphatic carbocycles. The molecule has 2 rings (SSSR count). The molecule has 5 nitrogen and oxygen atoms in total. The molecule has 0 aliphatic heterocycles. The van der Waals surface area contributed by atoms with Crippen LogP contribution in [-0.4, -0.2) is 22.9 Å². The first-order valence-corrected chi connectivity index (χ1v) is 7.81. The van der Waals surface area contributed by atoms with Crippen molar-refractivity contribution in [2.75, 3.05) is 12.4 Å². The number of aryl methyl sites for hydroxylation is 2. The number of methoxy groups -OCH3 is 1. The molecule has 1 aromatic heterocycles. The van der Waals surface area contributed by atoms with Gasteiger partial charge in [-0.25, -0.2) is 4.79 Å². The van der Waals surface area contributed by atoms with Crippen molar-refractivity contribution in [3.05, 3.63) is 44.1 Å². The van der Waals surface area contributed by atoms with E-state index in [4.69, 9.17) is 4.74 Å². The summed E-state index contributed by atoms with van der Waals surface area (Å²) in [6.07, 6.45) is 1.95. The molecule has 0 fully saturated rings. The summed E-state index contributed by atoms with van der Waals surface area (Å²) in [4.78, 5) is 11.9. The minimum atomic E-state index is -0.387. The first-order chi connectivity index (χ1) is 9.92. The van der Waals surface area contributed by atoms with Gasteiger partial charge in [0.25, 0.3) is 0 Å². The number of aromatic nitrogens is 2. The highest BCUT2D eigenvalue weighted by Crippen LogP contribution is 2.31. The van der Waals surface area contributed by atoms with E-state index in [9.17, 15) is 4.79 Å². The standard InChI is InChI=1S/C14H15Br2N3O2/c1-8-9(7-19(2)18-8)6-17-13-11(14(20)21-3)4-10(15)5-12(13)16/h4-5,7,17H,6H2,1-3H3. The summed E-state index contributed by atoms with van der Waals surface area (Å²) in [6.45, 7) is 2.53. The SMILES string of the molecule is COC(=O)c1cc(Br)cc(Br)c1NCc1cn(C)nc1C. The normalized spacial score (nSPS) is 10.5. The summed E-state index contributed by atoms with van der Waals surface area (Å²) in [5.74, 6) is -0.387. The molecule has 2 aromatic rings. The second-order valence-corrected chi connectivity index (χ2v) is 6.34. The number of hydrogen-bond acceptors (Lipinski definition) is 4. The number of rotatable bonds is 4. The molecule has 0 bridgehead atoms. The molecule has 7 heteroatoms. The highest BCUT2D eigenvalue weighted by atomic mass is 79.9. The van der Waals surface area contributed by atoms with Gasteiger partial charge in [-0.1, -0.05) is 15.9 Å². The van der Waals surface area contributed by atoms with Gasteiger partial charge in [0.2, 0.25) is 0 Å². The zero-order valence-corrected chi connectivity index (χ0v) is 15.1. The Balaban J connectivity index is 2.30. The molecule has 0 saturated carbocycles. The van der Waals surface area contributed by atoms with Crippen LogP contribution < -0.4 is 5.32 Å². The molecular formula is C14H15Br2N3O2. The van der Waals surface area contributed by atoms with Crippen molar-refractivity contribution < 1.29 is 9.53 Å². The van der Waals surface area contributed by atoms with Crippen LogP contribution in [0.5, 0.6) is 0 Å². The molecule has 0 amide bonds. The molecule has 0 aliphatic rings. The number of nitrogens with zero attached hydrogens (tertiary/aromatic N) is 2. The molecule has 0 radical (unpaired) electrons. The highest BCUT2D eigenvalue weighted by molar-refractivity contribution is 9.11. The third-order valence-corrected chi connectivity index (χ3v) is 4.11. The Labute approximate surface area is 139 Å². The number of benzene rings is 1. The Bertz CT molecular complexity index is 683. The molecule has 112 valence electrons. The summed E-state index contributed by atoms with van der Waals surface area (Å²) >= 11 is 6.85.